The first-order valence-corrected chi connectivity index (χ1v) is 9.92. The lowest BCUT2D eigenvalue weighted by Gasteiger charge is -2.02. The van der Waals surface area contributed by atoms with Crippen LogP contribution in [0.2, 0.25) is 0 Å². The van der Waals surface area contributed by atoms with E-state index in [1.807, 2.05) is 47.2 Å². The van der Waals surface area contributed by atoms with Crippen LogP contribution in [0.1, 0.15) is 0 Å². The van der Waals surface area contributed by atoms with E-state index in [0.29, 0.717) is 10.9 Å². The van der Waals surface area contributed by atoms with Crippen molar-refractivity contribution in [2.75, 3.05) is 11.1 Å². The summed E-state index contributed by atoms with van der Waals surface area (Å²) in [6.07, 6.45) is 0. The van der Waals surface area contributed by atoms with Crippen LogP contribution in [-0.2, 0) is 4.79 Å². The third-order valence-corrected chi connectivity index (χ3v) is 5.90. The first-order chi connectivity index (χ1) is 10.7. The number of thioether (sulfide) groups is 1. The topological polar surface area (TPSA) is 42.0 Å². The number of carbonyl (C=O) groups excluding carboxylic acids is 1. The lowest BCUT2D eigenvalue weighted by molar-refractivity contribution is -0.113. The zero-order valence-corrected chi connectivity index (χ0v) is 15.3. The van der Waals surface area contributed by atoms with Crippen LogP contribution in [0, 0.1) is 0 Å². The third kappa shape index (κ3) is 4.19. The quantitative estimate of drug-likeness (QED) is 0.575. The minimum Gasteiger partial charge on any atom is -0.301 e. The van der Waals surface area contributed by atoms with Crippen LogP contribution >= 0.6 is 50.4 Å². The molecule has 0 spiro atoms. The molecule has 0 saturated heterocycles. The van der Waals surface area contributed by atoms with Gasteiger partial charge < -0.3 is 5.32 Å². The molecular weight excluding hydrogens is 400 g/mol. The summed E-state index contributed by atoms with van der Waals surface area (Å²) in [7, 11) is 0. The lowest BCUT2D eigenvalue weighted by Crippen LogP contribution is -2.13. The number of nitrogens with zero attached hydrogens (tertiary/aromatic N) is 1. The van der Waals surface area contributed by atoms with E-state index < -0.39 is 0 Å². The number of thiophene rings is 1. The van der Waals surface area contributed by atoms with E-state index in [1.165, 1.54) is 23.1 Å². The van der Waals surface area contributed by atoms with Crippen LogP contribution in [0.4, 0.5) is 5.13 Å². The Morgan fingerprint density at radius 1 is 1.23 bits per heavy atom. The Bertz CT molecular complexity index is 753. The number of amides is 1. The number of hydrogen-bond donors (Lipinski definition) is 1. The Kier molecular flexibility index (Phi) is 5.30. The largest absolute Gasteiger partial charge is 0.301 e. The smallest absolute Gasteiger partial charge is 0.236 e. The molecule has 0 radical (unpaired) electrons. The fourth-order valence-electron chi connectivity index (χ4n) is 1.70. The maximum atomic E-state index is 12.0. The summed E-state index contributed by atoms with van der Waals surface area (Å²) >= 11 is 7.99. The number of benzene rings is 1. The number of rotatable bonds is 5. The van der Waals surface area contributed by atoms with Crippen molar-refractivity contribution in [3.05, 3.63) is 51.6 Å². The number of carbonyl (C=O) groups is 1. The summed E-state index contributed by atoms with van der Waals surface area (Å²) in [5.41, 5.74) is 0.913. The van der Waals surface area contributed by atoms with Gasteiger partial charge in [0.25, 0.3) is 0 Å². The number of halogens is 1. The Morgan fingerprint density at radius 2 is 2.05 bits per heavy atom. The van der Waals surface area contributed by atoms with Gasteiger partial charge in [-0.1, -0.05) is 22.0 Å². The second-order valence-corrected chi connectivity index (χ2v) is 8.08. The lowest BCUT2D eigenvalue weighted by atomic mass is 10.4. The first kappa shape index (κ1) is 15.7. The molecule has 2 aromatic heterocycles. The Balaban J connectivity index is 1.54. The van der Waals surface area contributed by atoms with Gasteiger partial charge in [-0.15, -0.1) is 34.4 Å². The highest BCUT2D eigenvalue weighted by molar-refractivity contribution is 9.10. The Labute approximate surface area is 148 Å². The predicted molar refractivity (Wildman–Crippen MR) is 98.9 cm³/mol. The van der Waals surface area contributed by atoms with Gasteiger partial charge in [-0.2, -0.15) is 0 Å². The highest BCUT2D eigenvalue weighted by atomic mass is 79.9. The maximum absolute atomic E-state index is 12.0. The molecule has 112 valence electrons. The number of aromatic nitrogens is 1. The van der Waals surface area contributed by atoms with Crippen LogP contribution in [0.3, 0.4) is 0 Å². The van der Waals surface area contributed by atoms with Crippen LogP contribution < -0.4 is 5.32 Å². The highest BCUT2D eigenvalue weighted by Gasteiger charge is 2.09. The van der Waals surface area contributed by atoms with Crippen molar-refractivity contribution in [2.45, 2.75) is 4.90 Å². The van der Waals surface area contributed by atoms with Crippen molar-refractivity contribution in [1.29, 1.82) is 0 Å². The molecule has 22 heavy (non-hydrogen) atoms. The van der Waals surface area contributed by atoms with Crippen molar-refractivity contribution >= 4 is 61.4 Å². The van der Waals surface area contributed by atoms with Gasteiger partial charge in [-0.3, -0.25) is 4.79 Å². The monoisotopic (exact) mass is 410 g/mol. The summed E-state index contributed by atoms with van der Waals surface area (Å²) in [6, 6.07) is 11.9. The molecular formula is C15H11BrN2OS3. The number of anilines is 1. The number of thiazole rings is 1. The first-order valence-electron chi connectivity index (χ1n) is 6.38. The van der Waals surface area contributed by atoms with E-state index in [-0.39, 0.29) is 5.91 Å². The Hall–Kier alpha value is -1.15. The van der Waals surface area contributed by atoms with Crippen LogP contribution in [0.25, 0.3) is 10.6 Å². The van der Waals surface area contributed by atoms with Crippen molar-refractivity contribution in [1.82, 2.24) is 4.98 Å². The zero-order chi connectivity index (χ0) is 15.4. The van der Waals surface area contributed by atoms with Gasteiger partial charge in [0.1, 0.15) is 0 Å². The molecule has 0 fully saturated rings. The fraction of sp³-hybridized carbons (Fsp3) is 0.0667. The fourth-order valence-corrected chi connectivity index (χ4v) is 4.15. The molecule has 1 amide bonds. The molecule has 2 heterocycles. The molecule has 0 aliphatic rings. The molecule has 1 N–H and O–H groups in total. The highest BCUT2D eigenvalue weighted by Crippen LogP contribution is 2.28. The second-order valence-electron chi connectivity index (χ2n) is 4.31. The van der Waals surface area contributed by atoms with E-state index in [4.69, 9.17) is 0 Å². The normalized spacial score (nSPS) is 10.6. The van der Waals surface area contributed by atoms with E-state index in [9.17, 15) is 4.79 Å². The molecule has 7 heteroatoms. The van der Waals surface area contributed by atoms with Crippen molar-refractivity contribution in [2.24, 2.45) is 0 Å². The van der Waals surface area contributed by atoms with Gasteiger partial charge in [0, 0.05) is 14.7 Å². The molecule has 3 nitrogen and oxygen atoms in total. The molecule has 0 unspecified atom stereocenters. The average Bonchev–Trinajstić information content (AvgIpc) is 3.17. The average molecular weight is 411 g/mol. The zero-order valence-electron chi connectivity index (χ0n) is 11.3. The Morgan fingerprint density at radius 3 is 2.77 bits per heavy atom. The molecule has 0 saturated carbocycles. The summed E-state index contributed by atoms with van der Waals surface area (Å²) in [5, 5.41) is 7.47. The van der Waals surface area contributed by atoms with Gasteiger partial charge >= 0.3 is 0 Å². The van der Waals surface area contributed by atoms with Crippen LogP contribution in [0.15, 0.2) is 56.5 Å². The van der Waals surface area contributed by atoms with Crippen molar-refractivity contribution < 1.29 is 4.79 Å². The van der Waals surface area contributed by atoms with E-state index in [2.05, 4.69) is 26.2 Å². The second kappa shape index (κ2) is 7.41. The van der Waals surface area contributed by atoms with Crippen LogP contribution in [0.5, 0.6) is 0 Å². The van der Waals surface area contributed by atoms with Gasteiger partial charge in [-0.05, 0) is 35.7 Å². The minimum absolute atomic E-state index is 0.0417. The van der Waals surface area contributed by atoms with E-state index in [0.717, 1.165) is 19.9 Å². The summed E-state index contributed by atoms with van der Waals surface area (Å²) < 4.78 is 1.03. The molecule has 0 bridgehead atoms. The van der Waals surface area contributed by atoms with Gasteiger partial charge in [0.05, 0.1) is 16.3 Å². The number of hydrogen-bond acceptors (Lipinski definition) is 5. The van der Waals surface area contributed by atoms with Gasteiger partial charge in [0.15, 0.2) is 5.13 Å². The molecule has 0 atom stereocenters. The van der Waals surface area contributed by atoms with Gasteiger partial charge in [0.2, 0.25) is 5.91 Å². The summed E-state index contributed by atoms with van der Waals surface area (Å²) in [5.74, 6) is 0.329. The van der Waals surface area contributed by atoms with Crippen molar-refractivity contribution in [3.63, 3.8) is 0 Å². The summed E-state index contributed by atoms with van der Waals surface area (Å²) in [6.45, 7) is 0. The van der Waals surface area contributed by atoms with E-state index in [1.54, 1.807) is 11.3 Å². The molecule has 0 aliphatic carbocycles. The SMILES string of the molecule is O=C(CSc1ccc(Br)cc1)Nc1nc(-c2cccs2)cs1. The van der Waals surface area contributed by atoms with Crippen molar-refractivity contribution in [3.8, 4) is 10.6 Å². The molecule has 1 aromatic carbocycles. The van der Waals surface area contributed by atoms with E-state index >= 15 is 0 Å². The predicted octanol–water partition coefficient (Wildman–Crippen LogP) is 5.36. The molecule has 3 rings (SSSR count). The van der Waals surface area contributed by atoms with Gasteiger partial charge in [-0.25, -0.2) is 4.98 Å². The molecule has 3 aromatic rings. The number of nitrogens with one attached hydrogen (secondary N) is 1. The maximum Gasteiger partial charge on any atom is 0.236 e. The van der Waals surface area contributed by atoms with Crippen LogP contribution in [-0.4, -0.2) is 16.6 Å². The standard InChI is InChI=1S/C15H11BrN2OS3/c16-10-3-5-11(6-4-10)21-9-14(19)18-15-17-12(8-22-15)13-2-1-7-20-13/h1-8H,9H2,(H,17,18,19). The summed E-state index contributed by atoms with van der Waals surface area (Å²) in [4.78, 5) is 18.6. The third-order valence-electron chi connectivity index (χ3n) is 2.71. The minimum atomic E-state index is -0.0417. The molecule has 0 aliphatic heterocycles.